The molecule has 8 heteroatoms. The van der Waals surface area contributed by atoms with Crippen LogP contribution in [0.15, 0.2) is 36.7 Å². The molecule has 0 unspecified atom stereocenters. The van der Waals surface area contributed by atoms with Gasteiger partial charge in [0.05, 0.1) is 22.7 Å². The minimum absolute atomic E-state index is 0.112. The highest BCUT2D eigenvalue weighted by Crippen LogP contribution is 2.36. The Labute approximate surface area is 163 Å². The van der Waals surface area contributed by atoms with E-state index >= 15 is 0 Å². The van der Waals surface area contributed by atoms with Crippen molar-refractivity contribution >= 4 is 29.8 Å². The zero-order chi connectivity index (χ0) is 20.5. The standard InChI is InChI=1S/C20H24N3O4P/c1-4-15-14(7-9-19(16(15)5-2)28(25,26)27)11-23-12-22-17-10-13(20(24)21-3)6-8-18(17)23/h6-10,12H,4-5,11H2,1-3H3,(H,21,24)(H2,25,26,27). The average Bonchev–Trinajstić information content (AvgIpc) is 3.07. The maximum Gasteiger partial charge on any atom is 0.356 e. The quantitative estimate of drug-likeness (QED) is 0.550. The summed E-state index contributed by atoms with van der Waals surface area (Å²) in [5.74, 6) is -0.162. The monoisotopic (exact) mass is 401 g/mol. The Morgan fingerprint density at radius 2 is 1.86 bits per heavy atom. The molecule has 0 aliphatic carbocycles. The molecule has 0 atom stereocenters. The summed E-state index contributed by atoms with van der Waals surface area (Å²) < 4.78 is 13.8. The van der Waals surface area contributed by atoms with Gasteiger partial charge in [-0.2, -0.15) is 0 Å². The Morgan fingerprint density at radius 3 is 2.46 bits per heavy atom. The first-order valence-corrected chi connectivity index (χ1v) is 10.8. The van der Waals surface area contributed by atoms with Gasteiger partial charge >= 0.3 is 7.60 Å². The molecule has 1 amide bonds. The van der Waals surface area contributed by atoms with Crippen molar-refractivity contribution in [2.45, 2.75) is 33.2 Å². The molecule has 3 aromatic rings. The molecule has 0 saturated carbocycles. The van der Waals surface area contributed by atoms with E-state index in [1.807, 2.05) is 24.5 Å². The second-order valence-corrected chi connectivity index (χ2v) is 8.18. The van der Waals surface area contributed by atoms with Crippen LogP contribution in [-0.2, 0) is 24.0 Å². The van der Waals surface area contributed by atoms with E-state index in [1.54, 1.807) is 31.6 Å². The number of aromatic nitrogens is 2. The maximum absolute atomic E-state index is 11.8. The number of fused-ring (bicyclic) bond motifs is 1. The van der Waals surface area contributed by atoms with E-state index in [9.17, 15) is 19.1 Å². The lowest BCUT2D eigenvalue weighted by atomic mass is 9.97. The first kappa shape index (κ1) is 20.3. The van der Waals surface area contributed by atoms with Crippen LogP contribution in [0.1, 0.15) is 40.9 Å². The van der Waals surface area contributed by atoms with Crippen LogP contribution in [0.25, 0.3) is 11.0 Å². The number of benzene rings is 2. The van der Waals surface area contributed by atoms with Crippen molar-refractivity contribution in [3.05, 3.63) is 58.9 Å². The fourth-order valence-electron chi connectivity index (χ4n) is 3.64. The molecule has 1 heterocycles. The van der Waals surface area contributed by atoms with Crippen LogP contribution < -0.4 is 10.6 Å². The third-order valence-corrected chi connectivity index (χ3v) is 6.02. The van der Waals surface area contributed by atoms with Crippen LogP contribution in [0.5, 0.6) is 0 Å². The summed E-state index contributed by atoms with van der Waals surface area (Å²) in [6, 6.07) is 8.70. The van der Waals surface area contributed by atoms with Gasteiger partial charge in [-0.15, -0.1) is 0 Å². The van der Waals surface area contributed by atoms with Crippen LogP contribution in [0.4, 0.5) is 0 Å². The molecule has 0 saturated heterocycles. The SMILES string of the molecule is CCc1c(Cn2cnc3cc(C(=O)NC)ccc32)ccc(P(=O)(O)O)c1CC. The molecule has 0 radical (unpaired) electrons. The van der Waals surface area contributed by atoms with Gasteiger partial charge in [-0.05, 0) is 53.8 Å². The Balaban J connectivity index is 2.04. The number of rotatable bonds is 6. The van der Waals surface area contributed by atoms with Gasteiger partial charge in [-0.25, -0.2) is 4.98 Å². The number of carbonyl (C=O) groups excluding carboxylic acids is 1. The van der Waals surface area contributed by atoms with E-state index in [4.69, 9.17) is 0 Å². The van der Waals surface area contributed by atoms with E-state index < -0.39 is 7.60 Å². The van der Waals surface area contributed by atoms with Crippen molar-refractivity contribution in [1.29, 1.82) is 0 Å². The summed E-state index contributed by atoms with van der Waals surface area (Å²) in [4.78, 5) is 35.5. The summed E-state index contributed by atoms with van der Waals surface area (Å²) in [5, 5.41) is 2.71. The van der Waals surface area contributed by atoms with Crippen molar-refractivity contribution < 1.29 is 19.1 Å². The average molecular weight is 401 g/mol. The molecular weight excluding hydrogens is 377 g/mol. The maximum atomic E-state index is 11.8. The molecule has 1 aromatic heterocycles. The first-order valence-electron chi connectivity index (χ1n) is 9.16. The van der Waals surface area contributed by atoms with Crippen molar-refractivity contribution in [2.75, 3.05) is 7.05 Å². The van der Waals surface area contributed by atoms with Gasteiger partial charge < -0.3 is 19.7 Å². The minimum Gasteiger partial charge on any atom is -0.355 e. The predicted octanol–water partition coefficient (Wildman–Crippen LogP) is 2.37. The first-order chi connectivity index (χ1) is 13.3. The van der Waals surface area contributed by atoms with Crippen molar-refractivity contribution in [2.24, 2.45) is 0 Å². The smallest absolute Gasteiger partial charge is 0.355 e. The highest BCUT2D eigenvalue weighted by molar-refractivity contribution is 7.60. The van der Waals surface area contributed by atoms with Gasteiger partial charge in [0.25, 0.3) is 5.91 Å². The predicted molar refractivity (Wildman–Crippen MR) is 109 cm³/mol. The van der Waals surface area contributed by atoms with E-state index in [1.165, 1.54) is 6.07 Å². The van der Waals surface area contributed by atoms with Crippen molar-refractivity contribution in [3.63, 3.8) is 0 Å². The van der Waals surface area contributed by atoms with Crippen LogP contribution in [0.2, 0.25) is 0 Å². The lowest BCUT2D eigenvalue weighted by Gasteiger charge is -2.18. The van der Waals surface area contributed by atoms with Gasteiger partial charge in [0.1, 0.15) is 0 Å². The fraction of sp³-hybridized carbons (Fsp3) is 0.300. The Hall–Kier alpha value is -2.47. The molecule has 0 fully saturated rings. The lowest BCUT2D eigenvalue weighted by Crippen LogP contribution is -2.17. The number of hydrogen-bond donors (Lipinski definition) is 3. The summed E-state index contributed by atoms with van der Waals surface area (Å²) in [5.41, 5.74) is 4.86. The second-order valence-electron chi connectivity index (χ2n) is 6.61. The minimum atomic E-state index is -4.32. The van der Waals surface area contributed by atoms with Gasteiger partial charge in [-0.1, -0.05) is 19.9 Å². The van der Waals surface area contributed by atoms with E-state index in [0.717, 1.165) is 27.7 Å². The molecule has 0 spiro atoms. The topological polar surface area (TPSA) is 104 Å². The zero-order valence-corrected chi connectivity index (χ0v) is 17.0. The number of nitrogens with zero attached hydrogens (tertiary/aromatic N) is 2. The van der Waals surface area contributed by atoms with E-state index in [0.29, 0.717) is 24.9 Å². The highest BCUT2D eigenvalue weighted by atomic mass is 31.2. The van der Waals surface area contributed by atoms with Gasteiger partial charge in [-0.3, -0.25) is 9.36 Å². The molecule has 3 N–H and O–H groups in total. The Bertz CT molecular complexity index is 1080. The molecule has 28 heavy (non-hydrogen) atoms. The molecule has 0 aliphatic rings. The fourth-order valence-corrected chi connectivity index (χ4v) is 4.56. The normalized spacial score (nSPS) is 11.8. The van der Waals surface area contributed by atoms with Crippen LogP contribution in [0.3, 0.4) is 0 Å². The zero-order valence-electron chi connectivity index (χ0n) is 16.1. The van der Waals surface area contributed by atoms with Crippen molar-refractivity contribution in [1.82, 2.24) is 14.9 Å². The Morgan fingerprint density at radius 1 is 1.14 bits per heavy atom. The summed E-state index contributed by atoms with van der Waals surface area (Å²) in [6.07, 6.45) is 2.96. The molecular formula is C20H24N3O4P. The molecule has 0 bridgehead atoms. The molecule has 0 aliphatic heterocycles. The molecule has 3 rings (SSSR count). The molecule has 2 aromatic carbocycles. The number of hydrogen-bond acceptors (Lipinski definition) is 3. The number of imidazole rings is 1. The largest absolute Gasteiger partial charge is 0.356 e. The summed E-state index contributed by atoms with van der Waals surface area (Å²) in [6.45, 7) is 4.43. The lowest BCUT2D eigenvalue weighted by molar-refractivity contribution is 0.0963. The van der Waals surface area contributed by atoms with Crippen LogP contribution in [-0.4, -0.2) is 32.3 Å². The van der Waals surface area contributed by atoms with Crippen LogP contribution >= 0.6 is 7.60 Å². The van der Waals surface area contributed by atoms with E-state index in [-0.39, 0.29) is 11.2 Å². The van der Waals surface area contributed by atoms with Crippen LogP contribution in [0, 0.1) is 0 Å². The molecule has 148 valence electrons. The van der Waals surface area contributed by atoms with Gasteiger partial charge in [0.2, 0.25) is 0 Å². The second kappa shape index (κ2) is 7.87. The molecule has 7 nitrogen and oxygen atoms in total. The number of nitrogens with one attached hydrogen (secondary N) is 1. The number of carbonyl (C=O) groups is 1. The summed E-state index contributed by atoms with van der Waals surface area (Å²) in [7, 11) is -2.73. The third kappa shape index (κ3) is 3.74. The number of amides is 1. The van der Waals surface area contributed by atoms with Gasteiger partial charge in [0, 0.05) is 19.2 Å². The summed E-state index contributed by atoms with van der Waals surface area (Å²) >= 11 is 0. The van der Waals surface area contributed by atoms with E-state index in [2.05, 4.69) is 10.3 Å². The third-order valence-electron chi connectivity index (χ3n) is 4.98. The Kier molecular flexibility index (Phi) is 5.70. The van der Waals surface area contributed by atoms with Crippen molar-refractivity contribution in [3.8, 4) is 0 Å². The highest BCUT2D eigenvalue weighted by Gasteiger charge is 2.24. The van der Waals surface area contributed by atoms with Gasteiger partial charge in [0.15, 0.2) is 0 Å².